The second kappa shape index (κ2) is 42.6. The molecule has 12 N–H and O–H groups in total. The average molecular weight is 1110 g/mol. The van der Waals surface area contributed by atoms with Crippen LogP contribution in [0.25, 0.3) is 0 Å². The fourth-order valence-corrected chi connectivity index (χ4v) is 10.7. The maximum absolute atomic E-state index is 13.3. The molecule has 0 spiro atoms. The Labute approximate surface area is 462 Å². The van der Waals surface area contributed by atoms with Crippen molar-refractivity contribution in [3.05, 3.63) is 0 Å². The van der Waals surface area contributed by atoms with Crippen molar-refractivity contribution in [3.63, 3.8) is 0 Å². The van der Waals surface area contributed by atoms with Crippen LogP contribution in [0.2, 0.25) is 0 Å². The molecule has 1 amide bonds. The van der Waals surface area contributed by atoms with Crippen LogP contribution in [0.15, 0.2) is 0 Å². The zero-order valence-corrected chi connectivity index (χ0v) is 47.5. The fourth-order valence-electron chi connectivity index (χ4n) is 10.7. The Morgan fingerprint density at radius 2 is 0.792 bits per heavy atom. The van der Waals surface area contributed by atoms with E-state index in [1.54, 1.807) is 0 Å². The predicted octanol–water partition coefficient (Wildman–Crippen LogP) is 5.60. The summed E-state index contributed by atoms with van der Waals surface area (Å²) in [7, 11) is 0. The number of carbonyl (C=O) groups excluding carboxylic acids is 1. The van der Waals surface area contributed by atoms with Crippen LogP contribution in [-0.4, -0.2) is 193 Å². The summed E-state index contributed by atoms with van der Waals surface area (Å²) in [5, 5.41) is 120. The van der Waals surface area contributed by atoms with Gasteiger partial charge in [-0.05, 0) is 12.8 Å². The predicted molar refractivity (Wildman–Crippen MR) is 291 cm³/mol. The lowest BCUT2D eigenvalue weighted by molar-refractivity contribution is -0.364. The van der Waals surface area contributed by atoms with Gasteiger partial charge in [-0.1, -0.05) is 213 Å². The first-order valence-electron chi connectivity index (χ1n) is 30.8. The van der Waals surface area contributed by atoms with E-state index in [2.05, 4.69) is 19.2 Å². The van der Waals surface area contributed by atoms with Crippen molar-refractivity contribution in [1.82, 2.24) is 5.32 Å². The van der Waals surface area contributed by atoms with E-state index in [-0.39, 0.29) is 18.9 Å². The zero-order chi connectivity index (χ0) is 56.2. The van der Waals surface area contributed by atoms with Crippen molar-refractivity contribution in [2.24, 2.45) is 0 Å². The van der Waals surface area contributed by atoms with Crippen LogP contribution >= 0.6 is 0 Å². The molecule has 3 aliphatic heterocycles. The highest BCUT2D eigenvalue weighted by molar-refractivity contribution is 5.76. The standard InChI is InChI=1S/C58H111NO18/c1-3-5-7-9-11-13-15-17-18-19-20-21-22-24-26-28-30-32-34-36-46(63)59-41(42(62)35-33-31-29-27-25-23-16-14-12-10-8-6-4-2)39-72-56-52(69)50(67)48(65)45(76-56)40-73-57-54(71)51(68)55(44(38-61)75-57)77-58-53(70)49(66)47(64)43(37-60)74-58/h41-45,47-58,60-62,64-71H,3-40H2,1-2H3,(H,59,63). The monoisotopic (exact) mass is 1110 g/mol. The normalized spacial score (nSPS) is 30.6. The first kappa shape index (κ1) is 70.1. The van der Waals surface area contributed by atoms with Crippen LogP contribution in [0, 0.1) is 0 Å². The number of ether oxygens (including phenoxy) is 6. The SMILES string of the molecule is CCCCCCCCCCCCCCCCCCCCCC(=O)NC(COC1OC(COC2OC(CO)C(OC3OC(CO)C(O)C(O)C3O)C(O)C2O)C(O)C(O)C1O)C(O)CCCCCCCCCCCCCCC. The summed E-state index contributed by atoms with van der Waals surface area (Å²) in [6.07, 6.45) is 13.7. The highest BCUT2D eigenvalue weighted by Crippen LogP contribution is 2.31. The third-order valence-corrected chi connectivity index (χ3v) is 15.9. The summed E-state index contributed by atoms with van der Waals surface area (Å²) in [6, 6.07) is -0.879. The van der Waals surface area contributed by atoms with E-state index < -0.39 is 124 Å². The number of rotatable bonds is 46. The van der Waals surface area contributed by atoms with E-state index >= 15 is 0 Å². The Morgan fingerprint density at radius 1 is 0.429 bits per heavy atom. The lowest BCUT2D eigenvalue weighted by Gasteiger charge is -2.46. The molecule has 3 heterocycles. The first-order valence-corrected chi connectivity index (χ1v) is 30.8. The van der Waals surface area contributed by atoms with Crippen LogP contribution in [0.1, 0.15) is 232 Å². The third kappa shape index (κ3) is 27.2. The Bertz CT molecular complexity index is 1420. The molecule has 3 fully saturated rings. The number of aliphatic hydroxyl groups excluding tert-OH is 11. The first-order chi connectivity index (χ1) is 37.3. The van der Waals surface area contributed by atoms with Gasteiger partial charge < -0.3 is 89.9 Å². The van der Waals surface area contributed by atoms with E-state index in [0.717, 1.165) is 44.9 Å². The highest BCUT2D eigenvalue weighted by Gasteiger charge is 2.52. The van der Waals surface area contributed by atoms with Gasteiger partial charge in [-0.25, -0.2) is 0 Å². The largest absolute Gasteiger partial charge is 0.394 e. The van der Waals surface area contributed by atoms with Gasteiger partial charge in [-0.2, -0.15) is 0 Å². The molecule has 19 heteroatoms. The molecule has 456 valence electrons. The molecule has 17 atom stereocenters. The molecule has 17 unspecified atom stereocenters. The molecular formula is C58H111NO18. The highest BCUT2D eigenvalue weighted by atomic mass is 16.8. The van der Waals surface area contributed by atoms with Crippen LogP contribution in [-0.2, 0) is 33.2 Å². The zero-order valence-electron chi connectivity index (χ0n) is 47.5. The van der Waals surface area contributed by atoms with Gasteiger partial charge in [0, 0.05) is 6.42 Å². The maximum Gasteiger partial charge on any atom is 0.220 e. The number of carbonyl (C=O) groups is 1. The minimum absolute atomic E-state index is 0.239. The van der Waals surface area contributed by atoms with Gasteiger partial charge in [0.15, 0.2) is 18.9 Å². The van der Waals surface area contributed by atoms with Crippen LogP contribution in [0.5, 0.6) is 0 Å². The van der Waals surface area contributed by atoms with Gasteiger partial charge in [0.1, 0.15) is 73.2 Å². The third-order valence-electron chi connectivity index (χ3n) is 15.9. The summed E-state index contributed by atoms with van der Waals surface area (Å²) in [6.45, 7) is 2.04. The summed E-state index contributed by atoms with van der Waals surface area (Å²) in [5.74, 6) is -0.239. The van der Waals surface area contributed by atoms with Gasteiger partial charge in [-0.15, -0.1) is 0 Å². The molecule has 0 aliphatic carbocycles. The van der Waals surface area contributed by atoms with Gasteiger partial charge >= 0.3 is 0 Å². The smallest absolute Gasteiger partial charge is 0.220 e. The molecule has 0 radical (unpaired) electrons. The van der Waals surface area contributed by atoms with Crippen molar-refractivity contribution in [2.75, 3.05) is 26.4 Å². The quantitative estimate of drug-likeness (QED) is 0.0330. The van der Waals surface area contributed by atoms with E-state index in [1.807, 2.05) is 0 Å². The number of nitrogens with one attached hydrogen (secondary N) is 1. The Morgan fingerprint density at radius 3 is 1.25 bits per heavy atom. The van der Waals surface area contributed by atoms with Crippen molar-refractivity contribution in [3.8, 4) is 0 Å². The Hall–Kier alpha value is -1.21. The minimum Gasteiger partial charge on any atom is -0.394 e. The van der Waals surface area contributed by atoms with E-state index in [4.69, 9.17) is 28.4 Å². The molecular weight excluding hydrogens is 999 g/mol. The molecule has 0 bridgehead atoms. The molecule has 3 rings (SSSR count). The number of hydrogen-bond donors (Lipinski definition) is 12. The molecule has 0 aromatic carbocycles. The van der Waals surface area contributed by atoms with Gasteiger partial charge in [0.25, 0.3) is 0 Å². The molecule has 0 saturated carbocycles. The summed E-state index contributed by atoms with van der Waals surface area (Å²) in [4.78, 5) is 13.3. The molecule has 0 aromatic rings. The summed E-state index contributed by atoms with van der Waals surface area (Å²) < 4.78 is 34.1. The lowest BCUT2D eigenvalue weighted by atomic mass is 9.97. The van der Waals surface area contributed by atoms with Crippen LogP contribution < -0.4 is 5.32 Å². The Kier molecular flexibility index (Phi) is 38.7. The molecule has 3 aliphatic rings. The number of unbranched alkanes of at least 4 members (excludes halogenated alkanes) is 30. The van der Waals surface area contributed by atoms with Gasteiger partial charge in [0.05, 0.1) is 38.6 Å². The second-order valence-electron chi connectivity index (χ2n) is 22.6. The van der Waals surface area contributed by atoms with Gasteiger partial charge in [0.2, 0.25) is 5.91 Å². The summed E-state index contributed by atoms with van der Waals surface area (Å²) >= 11 is 0. The molecule has 19 nitrogen and oxygen atoms in total. The lowest BCUT2D eigenvalue weighted by Crippen LogP contribution is -2.65. The fraction of sp³-hybridized carbons (Fsp3) is 0.983. The Balaban J connectivity index is 1.47. The van der Waals surface area contributed by atoms with Crippen LogP contribution in [0.4, 0.5) is 0 Å². The average Bonchev–Trinajstić information content (AvgIpc) is 3.44. The molecule has 3 saturated heterocycles. The molecule has 0 aromatic heterocycles. The van der Waals surface area contributed by atoms with E-state index in [0.29, 0.717) is 12.8 Å². The number of aliphatic hydroxyl groups is 11. The summed E-state index contributed by atoms with van der Waals surface area (Å²) in [5.41, 5.74) is 0. The topological polar surface area (TPSA) is 307 Å². The van der Waals surface area contributed by atoms with E-state index in [9.17, 15) is 61.0 Å². The van der Waals surface area contributed by atoms with Crippen LogP contribution in [0.3, 0.4) is 0 Å². The van der Waals surface area contributed by atoms with Gasteiger partial charge in [-0.3, -0.25) is 4.79 Å². The van der Waals surface area contributed by atoms with Crippen molar-refractivity contribution < 1.29 is 89.4 Å². The van der Waals surface area contributed by atoms with Crippen molar-refractivity contribution >= 4 is 5.91 Å². The number of amides is 1. The second-order valence-corrected chi connectivity index (χ2v) is 22.6. The molecule has 77 heavy (non-hydrogen) atoms. The van der Waals surface area contributed by atoms with E-state index in [1.165, 1.54) is 154 Å². The van der Waals surface area contributed by atoms with Crippen molar-refractivity contribution in [2.45, 2.75) is 336 Å². The minimum atomic E-state index is -1.88. The number of hydrogen-bond acceptors (Lipinski definition) is 18. The van der Waals surface area contributed by atoms with Crippen molar-refractivity contribution in [1.29, 1.82) is 0 Å². The maximum atomic E-state index is 13.3.